The lowest BCUT2D eigenvalue weighted by Crippen LogP contribution is -2.19. The van der Waals surface area contributed by atoms with Gasteiger partial charge in [-0.25, -0.2) is 0 Å². The number of aromatic hydroxyl groups is 2. The van der Waals surface area contributed by atoms with Crippen LogP contribution in [0.25, 0.3) is 0 Å². The molecule has 0 bridgehead atoms. The van der Waals surface area contributed by atoms with Gasteiger partial charge in [0.1, 0.15) is 5.75 Å². The molecule has 1 unspecified atom stereocenters. The molecule has 0 radical (unpaired) electrons. The molecule has 6 nitrogen and oxygen atoms in total. The van der Waals surface area contributed by atoms with Crippen LogP contribution in [0.3, 0.4) is 0 Å². The molecule has 2 N–H and O–H groups in total. The summed E-state index contributed by atoms with van der Waals surface area (Å²) in [6.45, 7) is 0.692. The smallest absolute Gasteiger partial charge is 0.231 e. The van der Waals surface area contributed by atoms with Crippen molar-refractivity contribution in [2.24, 2.45) is 0 Å². The molecular weight excluding hydrogens is 300 g/mol. The van der Waals surface area contributed by atoms with Crippen LogP contribution in [0, 0.1) is 0 Å². The molecule has 0 aromatic heterocycles. The van der Waals surface area contributed by atoms with E-state index >= 15 is 0 Å². The number of hydrogen-bond donors (Lipinski definition) is 2. The zero-order chi connectivity index (χ0) is 16.0. The van der Waals surface area contributed by atoms with E-state index in [0.717, 1.165) is 17.1 Å². The van der Waals surface area contributed by atoms with Gasteiger partial charge in [-0.15, -0.1) is 0 Å². The Bertz CT molecular complexity index is 770. The molecule has 2 aliphatic rings. The van der Waals surface area contributed by atoms with Crippen LogP contribution in [-0.2, 0) is 6.42 Å². The van der Waals surface area contributed by atoms with Crippen molar-refractivity contribution in [1.29, 1.82) is 0 Å². The number of fused-ring (bicyclic) bond motifs is 2. The van der Waals surface area contributed by atoms with Gasteiger partial charge in [0.15, 0.2) is 23.0 Å². The molecular formula is C17H16O6. The van der Waals surface area contributed by atoms with E-state index in [4.69, 9.17) is 18.9 Å². The number of phenolic OH excluding ortho intramolecular Hbond substituents is 2. The van der Waals surface area contributed by atoms with E-state index in [-0.39, 0.29) is 30.0 Å². The summed E-state index contributed by atoms with van der Waals surface area (Å²) in [6, 6.07) is 7.27. The van der Waals surface area contributed by atoms with E-state index in [0.29, 0.717) is 24.3 Å². The Morgan fingerprint density at radius 2 is 1.87 bits per heavy atom. The molecule has 0 spiro atoms. The van der Waals surface area contributed by atoms with E-state index < -0.39 is 0 Å². The van der Waals surface area contributed by atoms with E-state index in [2.05, 4.69) is 0 Å². The maximum atomic E-state index is 10.3. The highest BCUT2D eigenvalue weighted by atomic mass is 16.7. The van der Waals surface area contributed by atoms with E-state index in [1.54, 1.807) is 0 Å². The number of phenols is 2. The second kappa shape index (κ2) is 5.15. The highest BCUT2D eigenvalue weighted by molar-refractivity contribution is 5.61. The largest absolute Gasteiger partial charge is 0.504 e. The highest BCUT2D eigenvalue weighted by Gasteiger charge is 2.28. The summed E-state index contributed by atoms with van der Waals surface area (Å²) < 4.78 is 21.5. The summed E-state index contributed by atoms with van der Waals surface area (Å²) in [5, 5.41) is 20.2. The molecule has 0 fully saturated rings. The molecule has 4 rings (SSSR count). The zero-order valence-corrected chi connectivity index (χ0v) is 12.5. The fourth-order valence-corrected chi connectivity index (χ4v) is 3.06. The first-order chi connectivity index (χ1) is 11.2. The summed E-state index contributed by atoms with van der Waals surface area (Å²) in [7, 11) is 1.40. The predicted octanol–water partition coefficient (Wildman–Crippen LogP) is 2.55. The minimum atomic E-state index is -0.134. The summed E-state index contributed by atoms with van der Waals surface area (Å²) in [4.78, 5) is 0. The van der Waals surface area contributed by atoms with Crippen LogP contribution in [-0.4, -0.2) is 30.7 Å². The number of ether oxygens (including phenoxy) is 4. The standard InChI is InChI=1S/C17H16O6/c1-20-17-12(18)6-14-11(16(17)19)4-10(7-21-14)9-2-3-13-15(5-9)23-8-22-13/h2-3,5-6,10,18-19H,4,7-8H2,1H3. The third-order valence-corrected chi connectivity index (χ3v) is 4.26. The second-order valence-electron chi connectivity index (χ2n) is 5.58. The third-order valence-electron chi connectivity index (χ3n) is 4.26. The molecule has 23 heavy (non-hydrogen) atoms. The predicted molar refractivity (Wildman–Crippen MR) is 80.8 cm³/mol. The van der Waals surface area contributed by atoms with Crippen LogP contribution in [0.5, 0.6) is 34.5 Å². The van der Waals surface area contributed by atoms with Crippen molar-refractivity contribution >= 4 is 0 Å². The van der Waals surface area contributed by atoms with Gasteiger partial charge in [-0.1, -0.05) is 6.07 Å². The van der Waals surface area contributed by atoms with Gasteiger partial charge in [0.2, 0.25) is 12.5 Å². The zero-order valence-electron chi connectivity index (χ0n) is 12.5. The van der Waals surface area contributed by atoms with Crippen LogP contribution in [0.15, 0.2) is 24.3 Å². The Balaban J connectivity index is 1.68. The van der Waals surface area contributed by atoms with Crippen molar-refractivity contribution in [2.45, 2.75) is 12.3 Å². The van der Waals surface area contributed by atoms with E-state index in [1.165, 1.54) is 13.2 Å². The van der Waals surface area contributed by atoms with Crippen LogP contribution in [0.1, 0.15) is 17.0 Å². The van der Waals surface area contributed by atoms with Crippen molar-refractivity contribution < 1.29 is 29.2 Å². The van der Waals surface area contributed by atoms with Crippen LogP contribution >= 0.6 is 0 Å². The van der Waals surface area contributed by atoms with Gasteiger partial charge in [-0.3, -0.25) is 0 Å². The van der Waals surface area contributed by atoms with Crippen molar-refractivity contribution in [3.05, 3.63) is 35.4 Å². The van der Waals surface area contributed by atoms with Gasteiger partial charge in [0.05, 0.1) is 13.7 Å². The SMILES string of the molecule is COc1c(O)cc2c(c1O)CC(c1ccc3c(c1)OCO3)CO2. The number of benzene rings is 2. The van der Waals surface area contributed by atoms with E-state index in [9.17, 15) is 10.2 Å². The van der Waals surface area contributed by atoms with Crippen LogP contribution < -0.4 is 18.9 Å². The quantitative estimate of drug-likeness (QED) is 0.886. The first-order valence-corrected chi connectivity index (χ1v) is 7.31. The maximum absolute atomic E-state index is 10.3. The lowest BCUT2D eigenvalue weighted by molar-refractivity contribution is 0.174. The fraction of sp³-hybridized carbons (Fsp3) is 0.294. The van der Waals surface area contributed by atoms with Gasteiger partial charge < -0.3 is 29.2 Å². The van der Waals surface area contributed by atoms with Gasteiger partial charge in [0.25, 0.3) is 0 Å². The Morgan fingerprint density at radius 3 is 2.70 bits per heavy atom. The molecule has 120 valence electrons. The lowest BCUT2D eigenvalue weighted by atomic mass is 9.89. The first kappa shape index (κ1) is 13.9. The Morgan fingerprint density at radius 1 is 1.04 bits per heavy atom. The Kier molecular flexibility index (Phi) is 3.11. The first-order valence-electron chi connectivity index (χ1n) is 7.31. The molecule has 2 aromatic rings. The third kappa shape index (κ3) is 2.18. The number of rotatable bonds is 2. The van der Waals surface area contributed by atoms with Gasteiger partial charge in [0, 0.05) is 17.5 Å². The average Bonchev–Trinajstić information content (AvgIpc) is 3.02. The molecule has 6 heteroatoms. The topological polar surface area (TPSA) is 77.4 Å². The lowest BCUT2D eigenvalue weighted by Gasteiger charge is -2.27. The highest BCUT2D eigenvalue weighted by Crippen LogP contribution is 2.48. The summed E-state index contributed by atoms with van der Waals surface area (Å²) >= 11 is 0. The minimum absolute atomic E-state index is 0.0668. The van der Waals surface area contributed by atoms with Gasteiger partial charge in [-0.2, -0.15) is 0 Å². The molecule has 0 saturated heterocycles. The second-order valence-corrected chi connectivity index (χ2v) is 5.58. The Labute approximate surface area is 132 Å². The molecule has 0 amide bonds. The van der Waals surface area contributed by atoms with Gasteiger partial charge >= 0.3 is 0 Å². The normalized spacial score (nSPS) is 18.2. The molecule has 2 aliphatic heterocycles. The Hall–Kier alpha value is -2.76. The maximum Gasteiger partial charge on any atom is 0.231 e. The summed E-state index contributed by atoms with van der Waals surface area (Å²) in [6.07, 6.45) is 0.581. The summed E-state index contributed by atoms with van der Waals surface area (Å²) in [5.41, 5.74) is 1.68. The van der Waals surface area contributed by atoms with Crippen molar-refractivity contribution in [2.75, 3.05) is 20.5 Å². The van der Waals surface area contributed by atoms with E-state index in [1.807, 2.05) is 18.2 Å². The molecule has 2 heterocycles. The monoisotopic (exact) mass is 316 g/mol. The van der Waals surface area contributed by atoms with Crippen LogP contribution in [0.2, 0.25) is 0 Å². The number of methoxy groups -OCH3 is 1. The van der Waals surface area contributed by atoms with Gasteiger partial charge in [-0.05, 0) is 24.1 Å². The molecule has 0 aliphatic carbocycles. The molecule has 2 aromatic carbocycles. The van der Waals surface area contributed by atoms with Crippen molar-refractivity contribution in [3.63, 3.8) is 0 Å². The molecule has 0 saturated carbocycles. The minimum Gasteiger partial charge on any atom is -0.504 e. The summed E-state index contributed by atoms with van der Waals surface area (Å²) in [5.74, 6) is 1.87. The fourth-order valence-electron chi connectivity index (χ4n) is 3.06. The van der Waals surface area contributed by atoms with Crippen LogP contribution in [0.4, 0.5) is 0 Å². The molecule has 1 atom stereocenters. The number of hydrogen-bond acceptors (Lipinski definition) is 6. The van der Waals surface area contributed by atoms with Crippen molar-refractivity contribution in [3.8, 4) is 34.5 Å². The van der Waals surface area contributed by atoms with Crippen molar-refractivity contribution in [1.82, 2.24) is 0 Å². The average molecular weight is 316 g/mol.